The summed E-state index contributed by atoms with van der Waals surface area (Å²) in [5.41, 5.74) is 1.09. The van der Waals surface area contributed by atoms with E-state index >= 15 is 0 Å². The Kier molecular flexibility index (Phi) is 9.45. The number of methoxy groups -OCH3 is 1. The van der Waals surface area contributed by atoms with Gasteiger partial charge in [0, 0.05) is 19.6 Å². The van der Waals surface area contributed by atoms with Crippen LogP contribution in [0.4, 0.5) is 0 Å². The summed E-state index contributed by atoms with van der Waals surface area (Å²) in [5, 5.41) is 5.86. The molecule has 0 saturated carbocycles. The third-order valence-electron chi connectivity index (χ3n) is 5.43. The van der Waals surface area contributed by atoms with Gasteiger partial charge in [0.05, 0.1) is 32.6 Å². The number of furan rings is 1. The van der Waals surface area contributed by atoms with E-state index in [4.69, 9.17) is 13.9 Å². The molecule has 1 aromatic heterocycles. The second-order valence-corrected chi connectivity index (χ2v) is 8.45. The van der Waals surface area contributed by atoms with Gasteiger partial charge in [0.25, 0.3) is 5.91 Å². The maximum Gasteiger partial charge on any atom is 0.287 e. The van der Waals surface area contributed by atoms with E-state index in [-0.39, 0.29) is 17.7 Å². The number of thioether (sulfide) groups is 1. The van der Waals surface area contributed by atoms with Crippen LogP contribution in [0, 0.1) is 0 Å². The number of hydrogen-bond acceptors (Lipinski definition) is 7. The summed E-state index contributed by atoms with van der Waals surface area (Å²) < 4.78 is 15.9. The number of carbonyl (C=O) groups excluding carboxylic acids is 2. The minimum absolute atomic E-state index is 0.00395. The van der Waals surface area contributed by atoms with Crippen molar-refractivity contribution in [2.24, 2.45) is 0 Å². The number of benzene rings is 1. The van der Waals surface area contributed by atoms with Crippen LogP contribution in [0.3, 0.4) is 0 Å². The molecule has 0 aliphatic carbocycles. The van der Waals surface area contributed by atoms with Crippen molar-refractivity contribution in [3.63, 3.8) is 0 Å². The summed E-state index contributed by atoms with van der Waals surface area (Å²) in [6, 6.07) is 10.5. The summed E-state index contributed by atoms with van der Waals surface area (Å²) in [6.07, 6.45) is 3.94. The van der Waals surface area contributed by atoms with Crippen LogP contribution in [-0.4, -0.2) is 74.7 Å². The van der Waals surface area contributed by atoms with Gasteiger partial charge < -0.3 is 24.5 Å². The van der Waals surface area contributed by atoms with Crippen LogP contribution in [0.1, 0.15) is 28.6 Å². The highest BCUT2D eigenvalue weighted by molar-refractivity contribution is 7.98. The van der Waals surface area contributed by atoms with Gasteiger partial charge in [-0.05, 0) is 48.3 Å². The van der Waals surface area contributed by atoms with Gasteiger partial charge in [-0.15, -0.1) is 0 Å². The summed E-state index contributed by atoms with van der Waals surface area (Å²) in [5.74, 6) is 1.14. The normalized spacial score (nSPS) is 16.2. The van der Waals surface area contributed by atoms with E-state index < -0.39 is 11.9 Å². The maximum absolute atomic E-state index is 13.0. The third kappa shape index (κ3) is 6.75. The lowest BCUT2D eigenvalue weighted by atomic mass is 10.0. The minimum atomic E-state index is -0.638. The Hall–Kier alpha value is -2.49. The fraction of sp³-hybridized carbons (Fsp3) is 0.478. The summed E-state index contributed by atoms with van der Waals surface area (Å²) in [7, 11) is 1.64. The number of morpholine rings is 1. The summed E-state index contributed by atoms with van der Waals surface area (Å²) in [6.45, 7) is 3.33. The monoisotopic (exact) mass is 461 g/mol. The van der Waals surface area contributed by atoms with E-state index in [9.17, 15) is 9.59 Å². The van der Waals surface area contributed by atoms with Crippen LogP contribution >= 0.6 is 11.8 Å². The average molecular weight is 462 g/mol. The fourth-order valence-corrected chi connectivity index (χ4v) is 4.11. The van der Waals surface area contributed by atoms with Crippen molar-refractivity contribution in [2.75, 3.05) is 52.0 Å². The lowest BCUT2D eigenvalue weighted by molar-refractivity contribution is -0.123. The first-order valence-electron chi connectivity index (χ1n) is 10.7. The quantitative estimate of drug-likeness (QED) is 0.531. The highest BCUT2D eigenvalue weighted by atomic mass is 32.2. The molecule has 2 N–H and O–H groups in total. The predicted octanol–water partition coefficient (Wildman–Crippen LogP) is 2.33. The van der Waals surface area contributed by atoms with Gasteiger partial charge in [-0.2, -0.15) is 11.8 Å². The summed E-state index contributed by atoms with van der Waals surface area (Å²) in [4.78, 5) is 27.8. The predicted molar refractivity (Wildman–Crippen MR) is 124 cm³/mol. The molecule has 3 rings (SSSR count). The second kappa shape index (κ2) is 12.5. The molecule has 0 spiro atoms. The van der Waals surface area contributed by atoms with Crippen LogP contribution in [-0.2, 0) is 9.53 Å². The van der Waals surface area contributed by atoms with Crippen LogP contribution in [0.2, 0.25) is 0 Å². The van der Waals surface area contributed by atoms with Crippen molar-refractivity contribution in [1.82, 2.24) is 15.5 Å². The van der Waals surface area contributed by atoms with Crippen molar-refractivity contribution in [3.05, 3.63) is 54.0 Å². The van der Waals surface area contributed by atoms with Crippen molar-refractivity contribution in [2.45, 2.75) is 18.5 Å². The van der Waals surface area contributed by atoms with Crippen molar-refractivity contribution < 1.29 is 23.5 Å². The van der Waals surface area contributed by atoms with E-state index in [2.05, 4.69) is 15.5 Å². The smallest absolute Gasteiger partial charge is 0.287 e. The van der Waals surface area contributed by atoms with E-state index in [0.29, 0.717) is 26.2 Å². The molecule has 32 heavy (non-hydrogen) atoms. The molecule has 2 aromatic rings. The Morgan fingerprint density at radius 3 is 2.56 bits per heavy atom. The molecule has 174 valence electrons. The molecule has 0 bridgehead atoms. The molecule has 0 radical (unpaired) electrons. The number of hydrogen-bond donors (Lipinski definition) is 2. The molecular weight excluding hydrogens is 430 g/mol. The highest BCUT2D eigenvalue weighted by Gasteiger charge is 2.26. The van der Waals surface area contributed by atoms with Crippen LogP contribution in [0.15, 0.2) is 47.1 Å². The molecule has 2 unspecified atom stereocenters. The lowest BCUT2D eigenvalue weighted by Crippen LogP contribution is -2.50. The van der Waals surface area contributed by atoms with E-state index in [1.807, 2.05) is 30.5 Å². The summed E-state index contributed by atoms with van der Waals surface area (Å²) >= 11 is 1.63. The maximum atomic E-state index is 13.0. The molecule has 8 nitrogen and oxygen atoms in total. The zero-order valence-electron chi connectivity index (χ0n) is 18.5. The van der Waals surface area contributed by atoms with Crippen LogP contribution in [0.5, 0.6) is 5.75 Å². The first kappa shape index (κ1) is 24.2. The van der Waals surface area contributed by atoms with E-state index in [1.165, 1.54) is 6.26 Å². The average Bonchev–Trinajstić information content (AvgIpc) is 3.38. The first-order chi connectivity index (χ1) is 15.6. The standard InChI is InChI=1S/C23H31N3O5S/c1-29-18-7-5-17(6-8-18)20(26-10-13-30-14-11-26)16-24-22(27)19(9-15-32-2)25-23(28)21-4-3-12-31-21/h3-8,12,19-20H,9-11,13-16H2,1-2H3,(H,24,27)(H,25,28). The van der Waals surface area contributed by atoms with Gasteiger partial charge in [0.15, 0.2) is 5.76 Å². The van der Waals surface area contributed by atoms with Crippen molar-refractivity contribution in [1.29, 1.82) is 0 Å². The number of amides is 2. The van der Waals surface area contributed by atoms with E-state index in [0.717, 1.165) is 30.2 Å². The fourth-order valence-electron chi connectivity index (χ4n) is 3.64. The van der Waals surface area contributed by atoms with Crippen LogP contribution < -0.4 is 15.4 Å². The molecule has 1 aliphatic heterocycles. The minimum Gasteiger partial charge on any atom is -0.497 e. The Bertz CT molecular complexity index is 838. The van der Waals surface area contributed by atoms with Crippen molar-refractivity contribution >= 4 is 23.6 Å². The van der Waals surface area contributed by atoms with Gasteiger partial charge in [-0.25, -0.2) is 0 Å². The number of carbonyl (C=O) groups is 2. The zero-order valence-corrected chi connectivity index (χ0v) is 19.4. The third-order valence-corrected chi connectivity index (χ3v) is 6.08. The Morgan fingerprint density at radius 2 is 1.94 bits per heavy atom. The number of nitrogens with one attached hydrogen (secondary N) is 2. The highest BCUT2D eigenvalue weighted by Crippen LogP contribution is 2.23. The SMILES string of the molecule is COc1ccc(C(CNC(=O)C(CCSC)NC(=O)c2ccco2)N2CCOCC2)cc1. The Balaban J connectivity index is 1.68. The van der Waals surface area contributed by atoms with Gasteiger partial charge in [0.1, 0.15) is 11.8 Å². The zero-order chi connectivity index (χ0) is 22.8. The van der Waals surface area contributed by atoms with Crippen LogP contribution in [0.25, 0.3) is 0 Å². The molecule has 2 amide bonds. The Morgan fingerprint density at radius 1 is 1.19 bits per heavy atom. The molecule has 1 aliphatic rings. The second-order valence-electron chi connectivity index (χ2n) is 7.47. The largest absolute Gasteiger partial charge is 0.497 e. The van der Waals surface area contributed by atoms with Crippen molar-refractivity contribution in [3.8, 4) is 5.75 Å². The Labute approximate surface area is 193 Å². The molecule has 1 aromatic carbocycles. The molecule has 2 heterocycles. The number of nitrogens with zero attached hydrogens (tertiary/aromatic N) is 1. The lowest BCUT2D eigenvalue weighted by Gasteiger charge is -2.35. The first-order valence-corrected chi connectivity index (χ1v) is 12.1. The molecule has 1 saturated heterocycles. The topological polar surface area (TPSA) is 93.0 Å². The van der Waals surface area contributed by atoms with Gasteiger partial charge in [0.2, 0.25) is 5.91 Å². The van der Waals surface area contributed by atoms with Gasteiger partial charge in [-0.3, -0.25) is 14.5 Å². The van der Waals surface area contributed by atoms with Gasteiger partial charge in [-0.1, -0.05) is 12.1 Å². The van der Waals surface area contributed by atoms with Gasteiger partial charge >= 0.3 is 0 Å². The molecule has 9 heteroatoms. The molecule has 1 fully saturated rings. The van der Waals surface area contributed by atoms with E-state index in [1.54, 1.807) is 31.0 Å². The molecular formula is C23H31N3O5S. The molecule has 2 atom stereocenters. The number of ether oxygens (including phenoxy) is 2. The number of rotatable bonds is 11.